The molecule has 0 amide bonds. The van der Waals surface area contributed by atoms with Crippen LogP contribution in [0, 0.1) is 29.8 Å². The molecule has 0 atom stereocenters. The maximum Gasteiger partial charge on any atom is 0.222 e. The third-order valence-corrected chi connectivity index (χ3v) is 4.06. The first-order chi connectivity index (χ1) is 8.04. The number of aryl methyl sites for hydroxylation is 1. The minimum absolute atomic E-state index is 0.0324. The van der Waals surface area contributed by atoms with Gasteiger partial charge < -0.3 is 0 Å². The topological polar surface area (TPSA) is 22.2 Å². The molecular formula is C12H9FIN3. The normalized spacial score (nSPS) is 10.3. The number of aromatic nitrogens is 2. The highest BCUT2D eigenvalue weighted by Gasteiger charge is 2.11. The lowest BCUT2D eigenvalue weighted by molar-refractivity contribution is 0.631. The van der Waals surface area contributed by atoms with E-state index in [9.17, 15) is 4.39 Å². The third-order valence-electron chi connectivity index (χ3n) is 2.50. The summed E-state index contributed by atoms with van der Waals surface area (Å²) < 4.78 is 16.3. The summed E-state index contributed by atoms with van der Waals surface area (Å²) >= 11 is 2.21. The van der Waals surface area contributed by atoms with E-state index in [2.05, 4.69) is 32.5 Å². The number of rotatable bonds is 1. The summed E-state index contributed by atoms with van der Waals surface area (Å²) in [5.41, 5.74) is 2.55. The Hall–Kier alpha value is -1.42. The summed E-state index contributed by atoms with van der Waals surface area (Å²) in [6, 6.07) is 4.51. The Morgan fingerprint density at radius 1 is 1.41 bits per heavy atom. The molecule has 0 unspecified atom stereocenters. The summed E-state index contributed by atoms with van der Waals surface area (Å²) in [6.45, 7) is 10.6. The van der Waals surface area contributed by atoms with Gasteiger partial charge in [0.15, 0.2) is 0 Å². The van der Waals surface area contributed by atoms with Crippen molar-refractivity contribution in [2.75, 3.05) is 0 Å². The monoisotopic (exact) mass is 341 g/mol. The van der Waals surface area contributed by atoms with Gasteiger partial charge in [-0.25, -0.2) is 13.9 Å². The highest BCUT2D eigenvalue weighted by molar-refractivity contribution is 14.1. The fraction of sp³-hybridized carbons (Fsp3) is 0.167. The van der Waals surface area contributed by atoms with Crippen LogP contribution < -0.4 is 0 Å². The maximum absolute atomic E-state index is 13.5. The molecule has 0 radical (unpaired) electrons. The third kappa shape index (κ3) is 2.05. The van der Waals surface area contributed by atoms with E-state index >= 15 is 0 Å². The molecule has 86 valence electrons. The zero-order valence-corrected chi connectivity index (χ0v) is 11.5. The van der Waals surface area contributed by atoms with Gasteiger partial charge in [0.2, 0.25) is 5.69 Å². The fourth-order valence-electron chi connectivity index (χ4n) is 1.59. The molecule has 0 bridgehead atoms. The molecule has 2 rings (SSSR count). The van der Waals surface area contributed by atoms with Crippen molar-refractivity contribution in [1.82, 2.24) is 9.78 Å². The first-order valence-electron chi connectivity index (χ1n) is 4.93. The minimum atomic E-state index is -0.514. The number of hydrogen-bond donors (Lipinski definition) is 0. The Labute approximate surface area is 112 Å². The minimum Gasteiger partial charge on any atom is -0.237 e. The molecule has 2 aromatic rings. The van der Waals surface area contributed by atoms with Crippen LogP contribution in [0.1, 0.15) is 11.4 Å². The Balaban J connectivity index is 2.58. The second-order valence-electron chi connectivity index (χ2n) is 3.64. The molecule has 0 aliphatic rings. The lowest BCUT2D eigenvalue weighted by atomic mass is 10.2. The predicted molar refractivity (Wildman–Crippen MR) is 72.0 cm³/mol. The van der Waals surface area contributed by atoms with Crippen molar-refractivity contribution in [1.29, 1.82) is 0 Å². The highest BCUT2D eigenvalue weighted by Crippen LogP contribution is 2.24. The SMILES string of the molecule is [C-]#[N+]c1ccc(-n2nc(C)c(I)c2C)cc1F. The van der Waals surface area contributed by atoms with Crippen LogP contribution >= 0.6 is 22.6 Å². The van der Waals surface area contributed by atoms with Crippen molar-refractivity contribution in [3.05, 3.63) is 50.4 Å². The average molecular weight is 341 g/mol. The van der Waals surface area contributed by atoms with E-state index in [1.807, 2.05) is 13.8 Å². The van der Waals surface area contributed by atoms with Crippen LogP contribution in [-0.2, 0) is 0 Å². The lowest BCUT2D eigenvalue weighted by Crippen LogP contribution is -1.99. The van der Waals surface area contributed by atoms with Crippen molar-refractivity contribution in [2.24, 2.45) is 0 Å². The molecule has 0 aliphatic carbocycles. The van der Waals surface area contributed by atoms with Crippen LogP contribution in [0.3, 0.4) is 0 Å². The summed E-state index contributed by atoms with van der Waals surface area (Å²) in [5, 5.41) is 4.34. The van der Waals surface area contributed by atoms with E-state index in [4.69, 9.17) is 6.57 Å². The van der Waals surface area contributed by atoms with E-state index < -0.39 is 5.82 Å². The molecule has 0 fully saturated rings. The molecule has 0 saturated heterocycles. The smallest absolute Gasteiger partial charge is 0.222 e. The van der Waals surface area contributed by atoms with Gasteiger partial charge in [-0.15, -0.1) is 0 Å². The molecule has 3 nitrogen and oxygen atoms in total. The number of benzene rings is 1. The predicted octanol–water partition coefficient (Wildman–Crippen LogP) is 3.78. The number of hydrogen-bond acceptors (Lipinski definition) is 1. The van der Waals surface area contributed by atoms with Gasteiger partial charge in [0.25, 0.3) is 0 Å². The van der Waals surface area contributed by atoms with E-state index in [-0.39, 0.29) is 5.69 Å². The van der Waals surface area contributed by atoms with Crippen molar-refractivity contribution < 1.29 is 4.39 Å². The Kier molecular flexibility index (Phi) is 3.15. The molecule has 1 aromatic heterocycles. The van der Waals surface area contributed by atoms with Crippen LogP contribution in [0.4, 0.5) is 10.1 Å². The molecule has 0 saturated carbocycles. The zero-order valence-electron chi connectivity index (χ0n) is 9.33. The van der Waals surface area contributed by atoms with Crippen LogP contribution in [-0.4, -0.2) is 9.78 Å². The first-order valence-corrected chi connectivity index (χ1v) is 6.01. The highest BCUT2D eigenvalue weighted by atomic mass is 127. The van der Waals surface area contributed by atoms with E-state index in [1.165, 1.54) is 12.1 Å². The Morgan fingerprint density at radius 3 is 2.59 bits per heavy atom. The van der Waals surface area contributed by atoms with Gasteiger partial charge in [-0.3, -0.25) is 0 Å². The summed E-state index contributed by atoms with van der Waals surface area (Å²) in [6.07, 6.45) is 0. The number of halogens is 2. The second kappa shape index (κ2) is 4.45. The van der Waals surface area contributed by atoms with Crippen LogP contribution in [0.15, 0.2) is 18.2 Å². The molecule has 1 heterocycles. The van der Waals surface area contributed by atoms with Gasteiger partial charge in [-0.1, -0.05) is 6.07 Å². The van der Waals surface area contributed by atoms with E-state index in [0.29, 0.717) is 5.69 Å². The average Bonchev–Trinajstić information content (AvgIpc) is 2.57. The van der Waals surface area contributed by atoms with E-state index in [1.54, 1.807) is 10.7 Å². The van der Waals surface area contributed by atoms with Crippen molar-refractivity contribution >= 4 is 28.3 Å². The summed E-state index contributed by atoms with van der Waals surface area (Å²) in [4.78, 5) is 3.09. The van der Waals surface area contributed by atoms with Crippen molar-refractivity contribution in [3.63, 3.8) is 0 Å². The number of nitrogens with zero attached hydrogens (tertiary/aromatic N) is 3. The molecular weight excluding hydrogens is 332 g/mol. The largest absolute Gasteiger partial charge is 0.237 e. The molecule has 17 heavy (non-hydrogen) atoms. The molecule has 0 spiro atoms. The van der Waals surface area contributed by atoms with Gasteiger partial charge in [0, 0.05) is 0 Å². The van der Waals surface area contributed by atoms with Crippen LogP contribution in [0.5, 0.6) is 0 Å². The van der Waals surface area contributed by atoms with Gasteiger partial charge in [0.05, 0.1) is 27.2 Å². The van der Waals surface area contributed by atoms with Gasteiger partial charge in [-0.2, -0.15) is 5.10 Å². The standard InChI is InChI=1S/C12H9FIN3/c1-7-12(14)8(2)17(16-7)9-4-5-11(15-3)10(13)6-9/h4-6H,1-2H3. The van der Waals surface area contributed by atoms with Gasteiger partial charge in [0.1, 0.15) is 5.82 Å². The fourth-order valence-corrected chi connectivity index (χ4v) is 1.93. The molecule has 0 N–H and O–H groups in total. The second-order valence-corrected chi connectivity index (χ2v) is 4.72. The molecule has 0 aliphatic heterocycles. The van der Waals surface area contributed by atoms with Crippen molar-refractivity contribution in [2.45, 2.75) is 13.8 Å². The quantitative estimate of drug-likeness (QED) is 0.572. The summed E-state index contributed by atoms with van der Waals surface area (Å²) in [7, 11) is 0. The van der Waals surface area contributed by atoms with Gasteiger partial charge in [-0.05, 0) is 48.6 Å². The van der Waals surface area contributed by atoms with Crippen LogP contribution in [0.2, 0.25) is 0 Å². The summed E-state index contributed by atoms with van der Waals surface area (Å²) in [5.74, 6) is -0.514. The van der Waals surface area contributed by atoms with Crippen LogP contribution in [0.25, 0.3) is 10.5 Å². The lowest BCUT2D eigenvalue weighted by Gasteiger charge is -2.05. The Bertz CT molecular complexity index is 625. The molecule has 1 aromatic carbocycles. The van der Waals surface area contributed by atoms with Crippen molar-refractivity contribution in [3.8, 4) is 5.69 Å². The molecule has 5 heteroatoms. The Morgan fingerprint density at radius 2 is 2.12 bits per heavy atom. The van der Waals surface area contributed by atoms with Gasteiger partial charge >= 0.3 is 0 Å². The zero-order chi connectivity index (χ0) is 12.6. The maximum atomic E-state index is 13.5. The first kappa shape index (κ1) is 12.0. The van der Waals surface area contributed by atoms with E-state index in [0.717, 1.165) is 15.0 Å².